The standard InChI is InChI=1S/C9H5IN2S/c10-13-4-3-8-5-7(6-11)1-2-9(8)12/h1-2,5H,12H2. The summed E-state index contributed by atoms with van der Waals surface area (Å²) in [7, 11) is 1.39. The number of anilines is 1. The average Bonchev–Trinajstić information content (AvgIpc) is 2.17. The zero-order valence-corrected chi connectivity index (χ0v) is 9.52. The highest BCUT2D eigenvalue weighted by Gasteiger charge is 1.96. The molecule has 0 saturated carbocycles. The summed E-state index contributed by atoms with van der Waals surface area (Å²) in [6.07, 6.45) is 0. The van der Waals surface area contributed by atoms with Gasteiger partial charge in [0, 0.05) is 32.5 Å². The lowest BCUT2D eigenvalue weighted by atomic mass is 10.1. The molecule has 64 valence electrons. The van der Waals surface area contributed by atoms with Crippen molar-refractivity contribution >= 4 is 35.8 Å². The fourth-order valence-corrected chi connectivity index (χ4v) is 1.29. The van der Waals surface area contributed by atoms with Crippen LogP contribution < -0.4 is 5.73 Å². The summed E-state index contributed by atoms with van der Waals surface area (Å²) in [5.41, 5.74) is 7.56. The van der Waals surface area contributed by atoms with E-state index in [2.05, 4.69) is 32.4 Å². The van der Waals surface area contributed by atoms with E-state index in [0.29, 0.717) is 16.8 Å². The molecule has 4 heteroatoms. The third-order valence-electron chi connectivity index (χ3n) is 1.41. The number of benzene rings is 1. The second-order valence-corrected chi connectivity index (χ2v) is 3.90. The van der Waals surface area contributed by atoms with Crippen LogP contribution in [0.2, 0.25) is 0 Å². The fraction of sp³-hybridized carbons (Fsp3) is 0. The molecule has 0 aliphatic carbocycles. The van der Waals surface area contributed by atoms with Crippen LogP contribution in [0, 0.1) is 22.5 Å². The Kier molecular flexibility index (Phi) is 3.94. The maximum Gasteiger partial charge on any atom is 0.0992 e. The normalized spacial score (nSPS) is 8.31. The largest absolute Gasteiger partial charge is 0.398 e. The van der Waals surface area contributed by atoms with Gasteiger partial charge in [0.15, 0.2) is 0 Å². The number of rotatable bonds is 0. The first kappa shape index (κ1) is 10.2. The van der Waals surface area contributed by atoms with Gasteiger partial charge in [-0.15, -0.1) is 0 Å². The highest BCUT2D eigenvalue weighted by molar-refractivity contribution is 14.2. The van der Waals surface area contributed by atoms with Gasteiger partial charge in [-0.2, -0.15) is 5.26 Å². The number of nitrogens with two attached hydrogens (primary N) is 1. The van der Waals surface area contributed by atoms with Gasteiger partial charge in [-0.05, 0) is 32.4 Å². The SMILES string of the molecule is N#Cc1ccc(N)c(C#CSI)c1. The molecule has 0 aliphatic heterocycles. The Morgan fingerprint density at radius 1 is 1.46 bits per heavy atom. The first-order valence-corrected chi connectivity index (χ1v) is 6.72. The maximum absolute atomic E-state index is 8.63. The van der Waals surface area contributed by atoms with Crippen molar-refractivity contribution in [2.45, 2.75) is 0 Å². The summed E-state index contributed by atoms with van der Waals surface area (Å²) in [4.78, 5) is 0. The second-order valence-electron chi connectivity index (χ2n) is 2.22. The first-order chi connectivity index (χ1) is 6.27. The Morgan fingerprint density at radius 3 is 2.85 bits per heavy atom. The van der Waals surface area contributed by atoms with Crippen LogP contribution in [0.5, 0.6) is 0 Å². The van der Waals surface area contributed by atoms with Gasteiger partial charge in [0.05, 0.1) is 11.6 Å². The van der Waals surface area contributed by atoms with Crippen molar-refractivity contribution in [1.82, 2.24) is 0 Å². The predicted octanol–water partition coefficient (Wildman–Crippen LogP) is 2.53. The molecule has 0 unspecified atom stereocenters. The molecule has 2 nitrogen and oxygen atoms in total. The molecule has 0 atom stereocenters. The summed E-state index contributed by atoms with van der Waals surface area (Å²) in [5, 5.41) is 11.5. The van der Waals surface area contributed by atoms with Gasteiger partial charge in [0.2, 0.25) is 0 Å². The number of halogens is 1. The van der Waals surface area contributed by atoms with Crippen molar-refractivity contribution in [2.75, 3.05) is 5.73 Å². The third kappa shape index (κ3) is 2.83. The molecule has 0 saturated heterocycles. The molecule has 0 radical (unpaired) electrons. The smallest absolute Gasteiger partial charge is 0.0992 e. The minimum absolute atomic E-state index is 0.581. The van der Waals surface area contributed by atoms with Gasteiger partial charge in [0.25, 0.3) is 0 Å². The van der Waals surface area contributed by atoms with Crippen molar-refractivity contribution < 1.29 is 0 Å². The zero-order chi connectivity index (χ0) is 9.68. The van der Waals surface area contributed by atoms with E-state index < -0.39 is 0 Å². The van der Waals surface area contributed by atoms with Crippen LogP contribution >= 0.6 is 30.1 Å². The van der Waals surface area contributed by atoms with Crippen molar-refractivity contribution in [3.05, 3.63) is 29.3 Å². The van der Waals surface area contributed by atoms with Crippen LogP contribution in [0.3, 0.4) is 0 Å². The average molecular weight is 300 g/mol. The molecule has 0 amide bonds. The summed E-state index contributed by atoms with van der Waals surface area (Å²) in [5.74, 6) is 2.87. The van der Waals surface area contributed by atoms with Crippen LogP contribution in [-0.4, -0.2) is 0 Å². The summed E-state index contributed by atoms with van der Waals surface area (Å²) in [6, 6.07) is 7.10. The van der Waals surface area contributed by atoms with Crippen molar-refractivity contribution in [3.8, 4) is 17.2 Å². The zero-order valence-electron chi connectivity index (χ0n) is 6.54. The number of hydrogen-bond donors (Lipinski definition) is 1. The Labute approximate surface area is 93.1 Å². The summed E-state index contributed by atoms with van der Waals surface area (Å²) in [6.45, 7) is 0. The van der Waals surface area contributed by atoms with E-state index in [4.69, 9.17) is 11.0 Å². The Balaban J connectivity index is 3.13. The summed E-state index contributed by atoms with van der Waals surface area (Å²) < 4.78 is 0. The van der Waals surface area contributed by atoms with E-state index >= 15 is 0 Å². The highest BCUT2D eigenvalue weighted by atomic mass is 127. The molecule has 1 rings (SSSR count). The van der Waals surface area contributed by atoms with Crippen molar-refractivity contribution in [3.63, 3.8) is 0 Å². The van der Waals surface area contributed by atoms with Crippen LogP contribution in [0.1, 0.15) is 11.1 Å². The molecule has 0 bridgehead atoms. The predicted molar refractivity (Wildman–Crippen MR) is 64.1 cm³/mol. The van der Waals surface area contributed by atoms with Gasteiger partial charge in [-0.1, -0.05) is 5.92 Å². The molecule has 0 spiro atoms. The van der Waals surface area contributed by atoms with Crippen LogP contribution in [0.25, 0.3) is 0 Å². The monoisotopic (exact) mass is 300 g/mol. The van der Waals surface area contributed by atoms with Crippen molar-refractivity contribution in [1.29, 1.82) is 5.26 Å². The van der Waals surface area contributed by atoms with Crippen LogP contribution in [-0.2, 0) is 0 Å². The third-order valence-corrected chi connectivity index (χ3v) is 2.25. The number of nitrogens with zero attached hydrogens (tertiary/aromatic N) is 1. The lowest BCUT2D eigenvalue weighted by Crippen LogP contribution is -1.90. The molecule has 0 aromatic heterocycles. The minimum atomic E-state index is 0.581. The lowest BCUT2D eigenvalue weighted by Gasteiger charge is -1.96. The topological polar surface area (TPSA) is 49.8 Å². The minimum Gasteiger partial charge on any atom is -0.398 e. The van der Waals surface area contributed by atoms with Gasteiger partial charge in [-0.25, -0.2) is 0 Å². The van der Waals surface area contributed by atoms with E-state index in [0.717, 1.165) is 0 Å². The van der Waals surface area contributed by atoms with E-state index in [1.807, 2.05) is 6.07 Å². The fourth-order valence-electron chi connectivity index (χ4n) is 0.808. The number of nitriles is 1. The molecule has 1 aromatic rings. The molecular weight excluding hydrogens is 295 g/mol. The molecule has 13 heavy (non-hydrogen) atoms. The van der Waals surface area contributed by atoms with Gasteiger partial charge < -0.3 is 5.73 Å². The Morgan fingerprint density at radius 2 is 2.23 bits per heavy atom. The highest BCUT2D eigenvalue weighted by Crippen LogP contribution is 2.14. The Hall–Kier alpha value is -0.850. The van der Waals surface area contributed by atoms with Crippen molar-refractivity contribution in [2.24, 2.45) is 0 Å². The van der Waals surface area contributed by atoms with E-state index in [1.165, 1.54) is 8.93 Å². The molecule has 0 heterocycles. The van der Waals surface area contributed by atoms with Gasteiger partial charge in [-0.3, -0.25) is 0 Å². The molecule has 0 fully saturated rings. The quantitative estimate of drug-likeness (QED) is 0.455. The number of nitrogen functional groups attached to an aromatic ring is 1. The van der Waals surface area contributed by atoms with Gasteiger partial charge in [0.1, 0.15) is 0 Å². The van der Waals surface area contributed by atoms with Gasteiger partial charge >= 0.3 is 0 Å². The molecule has 1 aromatic carbocycles. The molecule has 2 N–H and O–H groups in total. The van der Waals surface area contributed by atoms with Crippen LogP contribution in [0.15, 0.2) is 18.2 Å². The Bertz CT molecular complexity index is 412. The van der Waals surface area contributed by atoms with E-state index in [9.17, 15) is 0 Å². The first-order valence-electron chi connectivity index (χ1n) is 3.36. The van der Waals surface area contributed by atoms with E-state index in [1.54, 1.807) is 18.2 Å². The number of hydrogen-bond acceptors (Lipinski definition) is 3. The summed E-state index contributed by atoms with van der Waals surface area (Å²) >= 11 is 2.08. The lowest BCUT2D eigenvalue weighted by molar-refractivity contribution is 1.48. The van der Waals surface area contributed by atoms with Crippen LogP contribution in [0.4, 0.5) is 5.69 Å². The maximum atomic E-state index is 8.63. The molecule has 0 aliphatic rings. The van der Waals surface area contributed by atoms with E-state index in [-0.39, 0.29) is 0 Å². The second kappa shape index (κ2) is 5.00. The molecular formula is C9H5IN2S.